The molecule has 3 aromatic heterocycles. The Balaban J connectivity index is 1.62. The monoisotopic (exact) mass is 435 g/mol. The standard InChI is InChI=1S/C20H14ClN7OS/c21-12-6-2-4-8-14(12)28-15(25-13-7-3-1-5-11(13)19(28)29)9-30-20-26-16-17(22)23-10-24-18(16)27-20/h1-8,10H,9H2,(H3,22,23,24,26,27). The number of para-hydroxylation sites is 2. The molecule has 30 heavy (non-hydrogen) atoms. The van der Waals surface area contributed by atoms with Crippen LogP contribution >= 0.6 is 23.4 Å². The summed E-state index contributed by atoms with van der Waals surface area (Å²) in [7, 11) is 0. The molecule has 0 aliphatic heterocycles. The van der Waals surface area contributed by atoms with Gasteiger partial charge in [0.25, 0.3) is 5.56 Å². The number of aromatic amines is 1. The molecule has 8 nitrogen and oxygen atoms in total. The van der Waals surface area contributed by atoms with E-state index in [1.54, 1.807) is 22.8 Å². The van der Waals surface area contributed by atoms with Gasteiger partial charge in [0, 0.05) is 0 Å². The van der Waals surface area contributed by atoms with Crippen molar-refractivity contribution in [3.05, 3.63) is 76.1 Å². The molecule has 0 aliphatic rings. The second-order valence-electron chi connectivity index (χ2n) is 6.43. The van der Waals surface area contributed by atoms with Crippen LogP contribution in [-0.4, -0.2) is 29.5 Å². The number of anilines is 1. The van der Waals surface area contributed by atoms with Gasteiger partial charge in [-0.05, 0) is 24.3 Å². The Hall–Kier alpha value is -3.43. The van der Waals surface area contributed by atoms with Crippen molar-refractivity contribution in [2.45, 2.75) is 10.9 Å². The number of hydrogen-bond acceptors (Lipinski definition) is 7. The minimum absolute atomic E-state index is 0.177. The number of rotatable bonds is 4. The van der Waals surface area contributed by atoms with Crippen LogP contribution in [0.4, 0.5) is 5.82 Å². The molecule has 0 atom stereocenters. The van der Waals surface area contributed by atoms with Gasteiger partial charge in [-0.25, -0.2) is 19.9 Å². The van der Waals surface area contributed by atoms with Crippen molar-refractivity contribution in [1.29, 1.82) is 0 Å². The molecule has 3 N–H and O–H groups in total. The summed E-state index contributed by atoms with van der Waals surface area (Å²) < 4.78 is 1.55. The first-order valence-electron chi connectivity index (χ1n) is 8.96. The quantitative estimate of drug-likeness (QED) is 0.414. The fraction of sp³-hybridized carbons (Fsp3) is 0.0500. The van der Waals surface area contributed by atoms with Gasteiger partial charge in [-0.3, -0.25) is 9.36 Å². The predicted octanol–water partition coefficient (Wildman–Crippen LogP) is 3.58. The number of thioether (sulfide) groups is 1. The average Bonchev–Trinajstić information content (AvgIpc) is 3.18. The van der Waals surface area contributed by atoms with Crippen molar-refractivity contribution >= 4 is 51.2 Å². The molecule has 0 unspecified atom stereocenters. The minimum Gasteiger partial charge on any atom is -0.382 e. The lowest BCUT2D eigenvalue weighted by Gasteiger charge is -2.14. The van der Waals surface area contributed by atoms with E-state index in [2.05, 4.69) is 19.9 Å². The van der Waals surface area contributed by atoms with Crippen molar-refractivity contribution in [2.24, 2.45) is 0 Å². The number of nitrogen functional groups attached to an aromatic ring is 1. The molecule has 3 heterocycles. The van der Waals surface area contributed by atoms with E-state index in [1.165, 1.54) is 18.1 Å². The van der Waals surface area contributed by atoms with E-state index < -0.39 is 0 Å². The lowest BCUT2D eigenvalue weighted by atomic mass is 10.2. The number of hydrogen-bond donors (Lipinski definition) is 2. The lowest BCUT2D eigenvalue weighted by Crippen LogP contribution is -2.23. The highest BCUT2D eigenvalue weighted by Gasteiger charge is 2.16. The first kappa shape index (κ1) is 18.6. The minimum atomic E-state index is -0.177. The third kappa shape index (κ3) is 3.17. The Labute approximate surface area is 179 Å². The van der Waals surface area contributed by atoms with Crippen LogP contribution in [0.2, 0.25) is 5.02 Å². The van der Waals surface area contributed by atoms with E-state index in [0.29, 0.717) is 55.3 Å². The van der Waals surface area contributed by atoms with Crippen LogP contribution < -0.4 is 11.3 Å². The Morgan fingerprint density at radius 3 is 2.70 bits per heavy atom. The van der Waals surface area contributed by atoms with Gasteiger partial charge < -0.3 is 10.7 Å². The Morgan fingerprint density at radius 2 is 1.87 bits per heavy atom. The zero-order chi connectivity index (χ0) is 20.7. The fourth-order valence-electron chi connectivity index (χ4n) is 3.18. The van der Waals surface area contributed by atoms with Crippen molar-refractivity contribution in [1.82, 2.24) is 29.5 Å². The van der Waals surface area contributed by atoms with Crippen LogP contribution in [0.25, 0.3) is 27.8 Å². The summed E-state index contributed by atoms with van der Waals surface area (Å²) >= 11 is 7.78. The summed E-state index contributed by atoms with van der Waals surface area (Å²) in [6.45, 7) is 0. The number of H-pyrrole nitrogens is 1. The van der Waals surface area contributed by atoms with Crippen LogP contribution in [0, 0.1) is 0 Å². The molecule has 0 bridgehead atoms. The van der Waals surface area contributed by atoms with Gasteiger partial charge in [0.2, 0.25) is 0 Å². The molecule has 148 valence electrons. The average molecular weight is 436 g/mol. The van der Waals surface area contributed by atoms with Crippen molar-refractivity contribution < 1.29 is 0 Å². The first-order chi connectivity index (χ1) is 14.6. The summed E-state index contributed by atoms with van der Waals surface area (Å²) in [5.41, 5.74) is 7.97. The molecule has 0 fully saturated rings. The van der Waals surface area contributed by atoms with Crippen LogP contribution in [-0.2, 0) is 5.75 Å². The van der Waals surface area contributed by atoms with E-state index in [0.717, 1.165) is 0 Å². The zero-order valence-corrected chi connectivity index (χ0v) is 17.0. The number of nitrogens with zero attached hydrogens (tertiary/aromatic N) is 5. The molecular formula is C20H14ClN7OS. The van der Waals surface area contributed by atoms with Crippen LogP contribution in [0.5, 0.6) is 0 Å². The molecule has 5 rings (SSSR count). The molecule has 0 amide bonds. The molecule has 2 aromatic carbocycles. The largest absolute Gasteiger partial charge is 0.382 e. The van der Waals surface area contributed by atoms with E-state index >= 15 is 0 Å². The van der Waals surface area contributed by atoms with E-state index in [-0.39, 0.29) is 5.56 Å². The number of nitrogens with two attached hydrogens (primary N) is 1. The van der Waals surface area contributed by atoms with E-state index in [1.807, 2.05) is 30.3 Å². The van der Waals surface area contributed by atoms with Crippen LogP contribution in [0.3, 0.4) is 0 Å². The summed E-state index contributed by atoms with van der Waals surface area (Å²) in [5, 5.41) is 1.60. The number of halogens is 1. The van der Waals surface area contributed by atoms with Gasteiger partial charge in [-0.15, -0.1) is 0 Å². The molecule has 0 radical (unpaired) electrons. The second-order valence-corrected chi connectivity index (χ2v) is 7.80. The maximum atomic E-state index is 13.3. The molecule has 0 aliphatic carbocycles. The van der Waals surface area contributed by atoms with E-state index in [4.69, 9.17) is 22.3 Å². The van der Waals surface area contributed by atoms with Crippen molar-refractivity contribution in [3.63, 3.8) is 0 Å². The van der Waals surface area contributed by atoms with Gasteiger partial charge in [-0.2, -0.15) is 0 Å². The first-order valence-corrected chi connectivity index (χ1v) is 10.3. The Kier molecular flexibility index (Phi) is 4.61. The third-order valence-electron chi connectivity index (χ3n) is 4.57. The number of imidazole rings is 1. The topological polar surface area (TPSA) is 115 Å². The second kappa shape index (κ2) is 7.43. The molecule has 10 heteroatoms. The zero-order valence-electron chi connectivity index (χ0n) is 15.4. The molecule has 5 aromatic rings. The van der Waals surface area contributed by atoms with E-state index in [9.17, 15) is 4.79 Å². The number of benzene rings is 2. The summed E-state index contributed by atoms with van der Waals surface area (Å²) in [4.78, 5) is 33.6. The normalized spacial score (nSPS) is 11.4. The van der Waals surface area contributed by atoms with Gasteiger partial charge in [-0.1, -0.05) is 47.6 Å². The Morgan fingerprint density at radius 1 is 1.07 bits per heavy atom. The predicted molar refractivity (Wildman–Crippen MR) is 118 cm³/mol. The Bertz CT molecular complexity index is 1460. The maximum Gasteiger partial charge on any atom is 0.266 e. The molecule has 0 spiro atoms. The van der Waals surface area contributed by atoms with Gasteiger partial charge in [0.05, 0.1) is 27.4 Å². The highest BCUT2D eigenvalue weighted by molar-refractivity contribution is 7.98. The molecule has 0 saturated carbocycles. The number of aromatic nitrogens is 6. The highest BCUT2D eigenvalue weighted by atomic mass is 35.5. The summed E-state index contributed by atoms with van der Waals surface area (Å²) in [6, 6.07) is 14.4. The fourth-order valence-corrected chi connectivity index (χ4v) is 4.19. The van der Waals surface area contributed by atoms with Crippen LogP contribution in [0.15, 0.2) is 64.8 Å². The van der Waals surface area contributed by atoms with Gasteiger partial charge in [0.15, 0.2) is 16.6 Å². The summed E-state index contributed by atoms with van der Waals surface area (Å²) in [5.74, 6) is 1.26. The van der Waals surface area contributed by atoms with Gasteiger partial charge >= 0.3 is 0 Å². The molecular weight excluding hydrogens is 422 g/mol. The number of nitrogens with one attached hydrogen (secondary N) is 1. The van der Waals surface area contributed by atoms with Crippen molar-refractivity contribution in [2.75, 3.05) is 5.73 Å². The van der Waals surface area contributed by atoms with Crippen LogP contribution in [0.1, 0.15) is 5.82 Å². The van der Waals surface area contributed by atoms with Crippen molar-refractivity contribution in [3.8, 4) is 5.69 Å². The third-order valence-corrected chi connectivity index (χ3v) is 5.76. The SMILES string of the molecule is Nc1ncnc2nc(SCc3nc4ccccc4c(=O)n3-c3ccccc3Cl)[nH]c12. The van der Waals surface area contributed by atoms with Gasteiger partial charge in [0.1, 0.15) is 17.7 Å². The smallest absolute Gasteiger partial charge is 0.266 e. The lowest BCUT2D eigenvalue weighted by molar-refractivity contribution is 0.882. The highest BCUT2D eigenvalue weighted by Crippen LogP contribution is 2.26. The number of fused-ring (bicyclic) bond motifs is 2. The summed E-state index contributed by atoms with van der Waals surface area (Å²) in [6.07, 6.45) is 1.37. The maximum absolute atomic E-state index is 13.3. The molecule has 0 saturated heterocycles.